The summed E-state index contributed by atoms with van der Waals surface area (Å²) in [6.07, 6.45) is 5.62. The first-order valence-electron chi connectivity index (χ1n) is 9.12. The molecule has 1 aromatic carbocycles. The molecule has 1 aliphatic rings. The molecule has 0 bridgehead atoms. The zero-order chi connectivity index (χ0) is 19.1. The zero-order valence-electron chi connectivity index (χ0n) is 15.4. The Balaban J connectivity index is 1.39. The predicted octanol–water partition coefficient (Wildman–Crippen LogP) is 2.97. The zero-order valence-corrected chi connectivity index (χ0v) is 16.3. The van der Waals surface area contributed by atoms with Crippen molar-refractivity contribution in [3.8, 4) is 0 Å². The van der Waals surface area contributed by atoms with Gasteiger partial charge in [0.2, 0.25) is 0 Å². The van der Waals surface area contributed by atoms with Crippen molar-refractivity contribution in [3.63, 3.8) is 0 Å². The SMILES string of the molecule is CSc1ccccc1NC(=O)C(=O)NCC1CCN(Cc2ccco2)CC1. The highest BCUT2D eigenvalue weighted by Gasteiger charge is 2.22. The summed E-state index contributed by atoms with van der Waals surface area (Å²) in [6, 6.07) is 11.3. The molecule has 2 amide bonds. The van der Waals surface area contributed by atoms with Gasteiger partial charge in [0, 0.05) is 11.4 Å². The van der Waals surface area contributed by atoms with E-state index in [1.807, 2.05) is 36.6 Å². The number of likely N-dealkylation sites (tertiary alicyclic amines) is 1. The van der Waals surface area contributed by atoms with Crippen LogP contribution in [0.25, 0.3) is 0 Å². The topological polar surface area (TPSA) is 74.6 Å². The number of carbonyl (C=O) groups is 2. The third-order valence-electron chi connectivity index (χ3n) is 4.78. The van der Waals surface area contributed by atoms with Gasteiger partial charge in [-0.3, -0.25) is 14.5 Å². The van der Waals surface area contributed by atoms with E-state index in [1.165, 1.54) is 11.8 Å². The van der Waals surface area contributed by atoms with Crippen molar-refractivity contribution in [3.05, 3.63) is 48.4 Å². The summed E-state index contributed by atoms with van der Waals surface area (Å²) in [6.45, 7) is 3.29. The molecule has 2 aromatic rings. The standard InChI is InChI=1S/C20H25N3O3S/c1-27-18-7-3-2-6-17(18)22-20(25)19(24)21-13-15-8-10-23(11-9-15)14-16-5-4-12-26-16/h2-7,12,15H,8-11,13-14H2,1H3,(H,21,24)(H,22,25). The third kappa shape index (κ3) is 5.61. The van der Waals surface area contributed by atoms with Crippen LogP contribution in [-0.4, -0.2) is 42.6 Å². The van der Waals surface area contributed by atoms with Gasteiger partial charge in [0.25, 0.3) is 0 Å². The molecular weight excluding hydrogens is 362 g/mol. The van der Waals surface area contributed by atoms with Crippen molar-refractivity contribution in [1.82, 2.24) is 10.2 Å². The molecule has 0 spiro atoms. The highest BCUT2D eigenvalue weighted by atomic mass is 32.2. The summed E-state index contributed by atoms with van der Waals surface area (Å²) in [5.74, 6) is 0.174. The maximum absolute atomic E-state index is 12.1. The number of rotatable bonds is 6. The third-order valence-corrected chi connectivity index (χ3v) is 5.58. The molecular formula is C20H25N3O3S. The molecule has 2 heterocycles. The summed E-state index contributed by atoms with van der Waals surface area (Å²) in [7, 11) is 0. The average molecular weight is 388 g/mol. The van der Waals surface area contributed by atoms with Gasteiger partial charge in [-0.15, -0.1) is 11.8 Å². The molecule has 1 aliphatic heterocycles. The van der Waals surface area contributed by atoms with Gasteiger partial charge in [0.1, 0.15) is 5.76 Å². The monoisotopic (exact) mass is 387 g/mol. The number of piperidine rings is 1. The van der Waals surface area contributed by atoms with E-state index >= 15 is 0 Å². The first-order chi connectivity index (χ1) is 13.2. The Morgan fingerprint density at radius 2 is 1.93 bits per heavy atom. The van der Waals surface area contributed by atoms with Crippen LogP contribution >= 0.6 is 11.8 Å². The summed E-state index contributed by atoms with van der Waals surface area (Å²) in [5, 5.41) is 5.47. The van der Waals surface area contributed by atoms with Crippen LogP contribution in [0.2, 0.25) is 0 Å². The molecule has 1 saturated heterocycles. The van der Waals surface area contributed by atoms with Gasteiger partial charge < -0.3 is 15.1 Å². The van der Waals surface area contributed by atoms with E-state index < -0.39 is 11.8 Å². The van der Waals surface area contributed by atoms with Crippen LogP contribution < -0.4 is 10.6 Å². The molecule has 2 N–H and O–H groups in total. The molecule has 7 heteroatoms. The van der Waals surface area contributed by atoms with Gasteiger partial charge in [0.15, 0.2) is 0 Å². The Hall–Kier alpha value is -2.25. The molecule has 6 nitrogen and oxygen atoms in total. The fourth-order valence-electron chi connectivity index (χ4n) is 3.22. The number of hydrogen-bond acceptors (Lipinski definition) is 5. The second-order valence-corrected chi connectivity index (χ2v) is 7.51. The van der Waals surface area contributed by atoms with E-state index in [2.05, 4.69) is 15.5 Å². The van der Waals surface area contributed by atoms with Crippen molar-refractivity contribution < 1.29 is 14.0 Å². The van der Waals surface area contributed by atoms with Crippen LogP contribution in [0, 0.1) is 5.92 Å². The van der Waals surface area contributed by atoms with Gasteiger partial charge in [-0.25, -0.2) is 0 Å². The summed E-state index contributed by atoms with van der Waals surface area (Å²) >= 11 is 1.53. The number of anilines is 1. The molecule has 3 rings (SSSR count). The van der Waals surface area contributed by atoms with Crippen LogP contribution in [0.4, 0.5) is 5.69 Å². The fourth-order valence-corrected chi connectivity index (χ4v) is 3.77. The van der Waals surface area contributed by atoms with Gasteiger partial charge in [-0.1, -0.05) is 12.1 Å². The predicted molar refractivity (Wildman–Crippen MR) is 107 cm³/mol. The van der Waals surface area contributed by atoms with Crippen molar-refractivity contribution in [2.24, 2.45) is 5.92 Å². The number of nitrogens with zero attached hydrogens (tertiary/aromatic N) is 1. The molecule has 144 valence electrons. The number of amides is 2. The Kier molecular flexibility index (Phi) is 6.95. The minimum atomic E-state index is -0.619. The molecule has 27 heavy (non-hydrogen) atoms. The lowest BCUT2D eigenvalue weighted by atomic mass is 9.96. The lowest BCUT2D eigenvalue weighted by Crippen LogP contribution is -2.41. The fraction of sp³-hybridized carbons (Fsp3) is 0.400. The van der Waals surface area contributed by atoms with E-state index in [0.717, 1.165) is 43.1 Å². The molecule has 1 fully saturated rings. The van der Waals surface area contributed by atoms with Gasteiger partial charge in [0.05, 0.1) is 18.5 Å². The molecule has 0 unspecified atom stereocenters. The molecule has 0 atom stereocenters. The lowest BCUT2D eigenvalue weighted by Gasteiger charge is -2.31. The minimum Gasteiger partial charge on any atom is -0.468 e. The number of thioether (sulfide) groups is 1. The number of para-hydroxylation sites is 1. The van der Waals surface area contributed by atoms with Crippen molar-refractivity contribution in [1.29, 1.82) is 0 Å². The molecule has 1 aromatic heterocycles. The smallest absolute Gasteiger partial charge is 0.313 e. The Labute approximate surface area is 163 Å². The summed E-state index contributed by atoms with van der Waals surface area (Å²) < 4.78 is 5.39. The second-order valence-electron chi connectivity index (χ2n) is 6.66. The number of nitrogens with one attached hydrogen (secondary N) is 2. The van der Waals surface area contributed by atoms with Crippen molar-refractivity contribution in [2.45, 2.75) is 24.3 Å². The minimum absolute atomic E-state index is 0.396. The number of benzene rings is 1. The van der Waals surface area contributed by atoms with Crippen LogP contribution in [0.15, 0.2) is 52.0 Å². The maximum Gasteiger partial charge on any atom is 0.313 e. The Bertz CT molecular complexity index is 756. The summed E-state index contributed by atoms with van der Waals surface area (Å²) in [4.78, 5) is 27.5. The maximum atomic E-state index is 12.1. The van der Waals surface area contributed by atoms with Gasteiger partial charge in [-0.2, -0.15) is 0 Å². The quantitative estimate of drug-likeness (QED) is 0.589. The second kappa shape index (κ2) is 9.62. The normalized spacial score (nSPS) is 15.4. The summed E-state index contributed by atoms with van der Waals surface area (Å²) in [5.41, 5.74) is 0.663. The van der Waals surface area contributed by atoms with E-state index in [-0.39, 0.29) is 0 Å². The Morgan fingerprint density at radius 3 is 2.63 bits per heavy atom. The van der Waals surface area contributed by atoms with Crippen LogP contribution in [-0.2, 0) is 16.1 Å². The highest BCUT2D eigenvalue weighted by molar-refractivity contribution is 7.98. The van der Waals surface area contributed by atoms with Gasteiger partial charge >= 0.3 is 11.8 Å². The van der Waals surface area contributed by atoms with E-state index in [4.69, 9.17) is 4.42 Å². The number of furan rings is 1. The van der Waals surface area contributed by atoms with E-state index in [1.54, 1.807) is 12.3 Å². The number of carbonyl (C=O) groups excluding carboxylic acids is 2. The highest BCUT2D eigenvalue weighted by Crippen LogP contribution is 2.24. The van der Waals surface area contributed by atoms with Crippen LogP contribution in [0.1, 0.15) is 18.6 Å². The molecule has 0 aliphatic carbocycles. The van der Waals surface area contributed by atoms with E-state index in [0.29, 0.717) is 18.2 Å². The lowest BCUT2D eigenvalue weighted by molar-refractivity contribution is -0.136. The first-order valence-corrected chi connectivity index (χ1v) is 10.3. The average Bonchev–Trinajstić information content (AvgIpc) is 3.20. The van der Waals surface area contributed by atoms with Crippen LogP contribution in [0.3, 0.4) is 0 Å². The van der Waals surface area contributed by atoms with Crippen molar-refractivity contribution in [2.75, 3.05) is 31.2 Å². The first kappa shape index (κ1) is 19.5. The van der Waals surface area contributed by atoms with Crippen LogP contribution in [0.5, 0.6) is 0 Å². The van der Waals surface area contributed by atoms with Gasteiger partial charge in [-0.05, 0) is 62.4 Å². The Morgan fingerprint density at radius 1 is 1.15 bits per heavy atom. The molecule has 0 saturated carbocycles. The molecule has 0 radical (unpaired) electrons. The number of hydrogen-bond donors (Lipinski definition) is 2. The largest absolute Gasteiger partial charge is 0.468 e. The van der Waals surface area contributed by atoms with Crippen molar-refractivity contribution >= 4 is 29.3 Å². The van der Waals surface area contributed by atoms with E-state index in [9.17, 15) is 9.59 Å².